The molecule has 2 N–H and O–H groups in total. The predicted octanol–water partition coefficient (Wildman–Crippen LogP) is 2.16. The predicted molar refractivity (Wildman–Crippen MR) is 65.0 cm³/mol. The molecule has 1 aliphatic carbocycles. The molecule has 0 bridgehead atoms. The standard InChI is InChI=1S/C13H26N2/c1-13(6-3-7-13)11-15-8-2-4-12-5-9-14-10-12/h12,14-15H,2-11H2,1H3. The summed E-state index contributed by atoms with van der Waals surface area (Å²) in [7, 11) is 0. The molecule has 2 nitrogen and oxygen atoms in total. The van der Waals surface area contributed by atoms with Gasteiger partial charge in [-0.15, -0.1) is 0 Å². The molecule has 0 spiro atoms. The summed E-state index contributed by atoms with van der Waals surface area (Å²) in [5.74, 6) is 0.964. The van der Waals surface area contributed by atoms with Crippen molar-refractivity contribution in [3.63, 3.8) is 0 Å². The lowest BCUT2D eigenvalue weighted by molar-refractivity contribution is 0.157. The molecular formula is C13H26N2. The van der Waals surface area contributed by atoms with Crippen LogP contribution in [0.25, 0.3) is 0 Å². The van der Waals surface area contributed by atoms with E-state index in [-0.39, 0.29) is 0 Å². The highest BCUT2D eigenvalue weighted by Crippen LogP contribution is 2.39. The van der Waals surface area contributed by atoms with Gasteiger partial charge in [0.25, 0.3) is 0 Å². The molecule has 88 valence electrons. The zero-order chi connectivity index (χ0) is 10.6. The van der Waals surface area contributed by atoms with Crippen molar-refractivity contribution in [3.8, 4) is 0 Å². The Morgan fingerprint density at radius 3 is 2.87 bits per heavy atom. The number of nitrogens with one attached hydrogen (secondary N) is 2. The summed E-state index contributed by atoms with van der Waals surface area (Å²) in [4.78, 5) is 0. The first-order valence-electron chi connectivity index (χ1n) is 6.70. The third kappa shape index (κ3) is 3.46. The van der Waals surface area contributed by atoms with E-state index in [2.05, 4.69) is 17.6 Å². The van der Waals surface area contributed by atoms with E-state index in [4.69, 9.17) is 0 Å². The van der Waals surface area contributed by atoms with Gasteiger partial charge in [-0.2, -0.15) is 0 Å². The van der Waals surface area contributed by atoms with E-state index < -0.39 is 0 Å². The Morgan fingerprint density at radius 2 is 2.27 bits per heavy atom. The first kappa shape index (κ1) is 11.4. The van der Waals surface area contributed by atoms with Crippen molar-refractivity contribution in [2.75, 3.05) is 26.2 Å². The summed E-state index contributed by atoms with van der Waals surface area (Å²) in [5, 5.41) is 7.07. The van der Waals surface area contributed by atoms with Crippen LogP contribution < -0.4 is 10.6 Å². The van der Waals surface area contributed by atoms with Gasteiger partial charge in [0.15, 0.2) is 0 Å². The Morgan fingerprint density at radius 1 is 1.40 bits per heavy atom. The number of hydrogen-bond acceptors (Lipinski definition) is 2. The Bertz CT molecular complexity index is 181. The molecule has 0 radical (unpaired) electrons. The van der Waals surface area contributed by atoms with Crippen molar-refractivity contribution in [2.24, 2.45) is 11.3 Å². The average molecular weight is 210 g/mol. The molecule has 1 saturated heterocycles. The van der Waals surface area contributed by atoms with Gasteiger partial charge < -0.3 is 10.6 Å². The Hall–Kier alpha value is -0.0800. The van der Waals surface area contributed by atoms with Crippen LogP contribution in [0.1, 0.15) is 45.4 Å². The van der Waals surface area contributed by atoms with Crippen LogP contribution in [0.15, 0.2) is 0 Å². The topological polar surface area (TPSA) is 24.1 Å². The van der Waals surface area contributed by atoms with Crippen LogP contribution in [0.4, 0.5) is 0 Å². The maximum absolute atomic E-state index is 3.63. The lowest BCUT2D eigenvalue weighted by atomic mass is 9.70. The highest BCUT2D eigenvalue weighted by Gasteiger charge is 2.30. The number of rotatable bonds is 6. The minimum Gasteiger partial charge on any atom is -0.316 e. The fourth-order valence-corrected chi connectivity index (χ4v) is 2.82. The van der Waals surface area contributed by atoms with Crippen molar-refractivity contribution >= 4 is 0 Å². The van der Waals surface area contributed by atoms with Crippen LogP contribution in [0.2, 0.25) is 0 Å². The first-order valence-corrected chi connectivity index (χ1v) is 6.70. The van der Waals surface area contributed by atoms with Crippen molar-refractivity contribution in [3.05, 3.63) is 0 Å². The molecular weight excluding hydrogens is 184 g/mol. The van der Waals surface area contributed by atoms with Gasteiger partial charge in [0.1, 0.15) is 0 Å². The molecule has 15 heavy (non-hydrogen) atoms. The van der Waals surface area contributed by atoms with E-state index in [1.807, 2.05) is 0 Å². The zero-order valence-corrected chi connectivity index (χ0v) is 10.1. The second-order valence-electron chi connectivity index (χ2n) is 5.84. The van der Waals surface area contributed by atoms with E-state index in [0.717, 1.165) is 5.92 Å². The van der Waals surface area contributed by atoms with Gasteiger partial charge in [-0.3, -0.25) is 0 Å². The monoisotopic (exact) mass is 210 g/mol. The Kier molecular flexibility index (Phi) is 4.04. The van der Waals surface area contributed by atoms with Crippen LogP contribution in [0, 0.1) is 11.3 Å². The minimum atomic E-state index is 0.648. The average Bonchev–Trinajstić information content (AvgIpc) is 2.67. The van der Waals surface area contributed by atoms with Crippen LogP contribution in [0.3, 0.4) is 0 Å². The lowest BCUT2D eigenvalue weighted by Gasteiger charge is -2.38. The Labute approximate surface area is 94.2 Å². The van der Waals surface area contributed by atoms with Crippen LogP contribution >= 0.6 is 0 Å². The van der Waals surface area contributed by atoms with E-state index in [9.17, 15) is 0 Å². The molecule has 1 unspecified atom stereocenters. The summed E-state index contributed by atoms with van der Waals surface area (Å²) in [5.41, 5.74) is 0.648. The Balaban J connectivity index is 1.44. The van der Waals surface area contributed by atoms with Crippen LogP contribution in [-0.4, -0.2) is 26.2 Å². The molecule has 1 saturated carbocycles. The zero-order valence-electron chi connectivity index (χ0n) is 10.1. The van der Waals surface area contributed by atoms with E-state index in [1.165, 1.54) is 64.7 Å². The highest BCUT2D eigenvalue weighted by atomic mass is 14.9. The number of hydrogen-bond donors (Lipinski definition) is 2. The van der Waals surface area contributed by atoms with Gasteiger partial charge in [-0.25, -0.2) is 0 Å². The third-order valence-electron chi connectivity index (χ3n) is 4.24. The lowest BCUT2D eigenvalue weighted by Crippen LogP contribution is -2.37. The summed E-state index contributed by atoms with van der Waals surface area (Å²) < 4.78 is 0. The summed E-state index contributed by atoms with van der Waals surface area (Å²) >= 11 is 0. The molecule has 0 aromatic heterocycles. The van der Waals surface area contributed by atoms with Gasteiger partial charge in [0.2, 0.25) is 0 Å². The van der Waals surface area contributed by atoms with Gasteiger partial charge in [-0.05, 0) is 63.1 Å². The molecule has 1 aliphatic heterocycles. The summed E-state index contributed by atoms with van der Waals surface area (Å²) in [6.45, 7) is 7.40. The summed E-state index contributed by atoms with van der Waals surface area (Å²) in [6, 6.07) is 0. The normalized spacial score (nSPS) is 29.0. The largest absolute Gasteiger partial charge is 0.316 e. The maximum atomic E-state index is 3.63. The van der Waals surface area contributed by atoms with E-state index >= 15 is 0 Å². The maximum Gasteiger partial charge on any atom is 0.000516 e. The fraction of sp³-hybridized carbons (Fsp3) is 1.00. The van der Waals surface area contributed by atoms with E-state index in [1.54, 1.807) is 0 Å². The fourth-order valence-electron chi connectivity index (χ4n) is 2.82. The minimum absolute atomic E-state index is 0.648. The van der Waals surface area contributed by atoms with E-state index in [0.29, 0.717) is 5.41 Å². The first-order chi connectivity index (χ1) is 7.29. The highest BCUT2D eigenvalue weighted by molar-refractivity contribution is 4.85. The second kappa shape index (κ2) is 5.31. The quantitative estimate of drug-likeness (QED) is 0.657. The molecule has 0 amide bonds. The molecule has 2 rings (SSSR count). The van der Waals surface area contributed by atoms with Gasteiger partial charge >= 0.3 is 0 Å². The SMILES string of the molecule is CC1(CNCCCC2CCNC2)CCC1. The molecule has 0 aromatic carbocycles. The van der Waals surface area contributed by atoms with Crippen LogP contribution in [0.5, 0.6) is 0 Å². The van der Waals surface area contributed by atoms with Crippen molar-refractivity contribution in [1.82, 2.24) is 10.6 Å². The molecule has 2 heteroatoms. The molecule has 1 atom stereocenters. The van der Waals surface area contributed by atoms with Gasteiger partial charge in [0, 0.05) is 6.54 Å². The molecule has 0 aromatic rings. The van der Waals surface area contributed by atoms with Crippen molar-refractivity contribution in [1.29, 1.82) is 0 Å². The smallest absolute Gasteiger partial charge is 0.000516 e. The molecule has 2 fully saturated rings. The molecule has 2 aliphatic rings. The van der Waals surface area contributed by atoms with Crippen molar-refractivity contribution in [2.45, 2.75) is 45.4 Å². The summed E-state index contributed by atoms with van der Waals surface area (Å²) in [6.07, 6.45) is 8.50. The van der Waals surface area contributed by atoms with Gasteiger partial charge in [-0.1, -0.05) is 13.3 Å². The van der Waals surface area contributed by atoms with Crippen molar-refractivity contribution < 1.29 is 0 Å². The third-order valence-corrected chi connectivity index (χ3v) is 4.24. The second-order valence-corrected chi connectivity index (χ2v) is 5.84. The van der Waals surface area contributed by atoms with Gasteiger partial charge in [0.05, 0.1) is 0 Å². The molecule has 1 heterocycles. The van der Waals surface area contributed by atoms with Crippen LogP contribution in [-0.2, 0) is 0 Å².